The van der Waals surface area contributed by atoms with E-state index in [1.807, 2.05) is 49.5 Å². The Morgan fingerprint density at radius 1 is 0.660 bits per heavy atom. The first-order chi connectivity index (χ1) is 24.4. The molecule has 0 spiro atoms. The number of hydrogen-bond donors (Lipinski definition) is 0. The molecule has 0 N–H and O–H groups in total. The summed E-state index contributed by atoms with van der Waals surface area (Å²) in [6, 6.07) is 19.7. The minimum atomic E-state index is -1.62. The molecule has 0 unspecified atom stereocenters. The molecule has 0 aliphatic rings. The predicted molar refractivity (Wildman–Crippen MR) is 198 cm³/mol. The van der Waals surface area contributed by atoms with Gasteiger partial charge in [0.2, 0.25) is 0 Å². The Bertz CT molecular complexity index is 2060. The minimum absolute atomic E-state index is 0.360. The zero-order valence-corrected chi connectivity index (χ0v) is 31.0. The van der Waals surface area contributed by atoms with Crippen LogP contribution in [0.15, 0.2) is 73.1 Å². The van der Waals surface area contributed by atoms with E-state index in [4.69, 9.17) is 17.1 Å². The molecule has 0 atom stereocenters. The summed E-state index contributed by atoms with van der Waals surface area (Å²) in [5.74, 6) is 1.58. The van der Waals surface area contributed by atoms with Crippen LogP contribution in [0, 0.1) is 6.92 Å². The van der Waals surface area contributed by atoms with Crippen LogP contribution in [0.5, 0.6) is 11.5 Å². The van der Waals surface area contributed by atoms with Crippen molar-refractivity contribution in [1.82, 2.24) is 29.7 Å². The summed E-state index contributed by atoms with van der Waals surface area (Å²) in [5.41, 5.74) is 4.65. The van der Waals surface area contributed by atoms with Crippen molar-refractivity contribution < 1.29 is 21.9 Å². The summed E-state index contributed by atoms with van der Waals surface area (Å²) in [6.07, 6.45) is 4.29. The van der Waals surface area contributed by atoms with Gasteiger partial charge in [0.1, 0.15) is 41.4 Å². The fraction of sp³-hybridized carbons (Fsp3) is 0.342. The van der Waals surface area contributed by atoms with E-state index in [0.29, 0.717) is 30.2 Å². The Kier molecular flexibility index (Phi) is 14.9. The van der Waals surface area contributed by atoms with E-state index in [9.17, 15) is 4.79 Å². The molecular formula is C38H44N6O5Se. The third-order valence-corrected chi connectivity index (χ3v) is 8.41. The average molecular weight is 744 g/mol. The van der Waals surface area contributed by atoms with Crippen molar-refractivity contribution in [3.63, 3.8) is 0 Å². The summed E-state index contributed by atoms with van der Waals surface area (Å²) < 4.78 is 28.9. The van der Waals surface area contributed by atoms with Crippen molar-refractivity contribution in [2.75, 3.05) is 52.5 Å². The molecule has 0 radical (unpaired) electrons. The summed E-state index contributed by atoms with van der Waals surface area (Å²) >= 11 is -1.62. The Balaban J connectivity index is 0.000000209. The van der Waals surface area contributed by atoms with E-state index >= 15 is 0 Å². The second kappa shape index (κ2) is 19.5. The van der Waals surface area contributed by atoms with Gasteiger partial charge in [0.15, 0.2) is 6.29 Å². The number of benzene rings is 2. The quantitative estimate of drug-likeness (QED) is 0.0730. The average Bonchev–Trinajstić information content (AvgIpc) is 3.15. The number of ether oxygens (including phenoxy) is 2. The maximum atomic E-state index is 11.3. The molecule has 12 heteroatoms. The van der Waals surface area contributed by atoms with Crippen LogP contribution in [-0.2, 0) is 7.67 Å². The van der Waals surface area contributed by atoms with Crippen molar-refractivity contribution in [2.45, 2.75) is 34.6 Å². The second-order valence-electron chi connectivity index (χ2n) is 11.3. The summed E-state index contributed by atoms with van der Waals surface area (Å²) in [5, 5.41) is 4.01. The zero-order chi connectivity index (χ0) is 35.9. The van der Waals surface area contributed by atoms with Crippen LogP contribution in [0.1, 0.15) is 43.9 Å². The molecule has 0 aliphatic carbocycles. The topological polar surface area (TPSA) is 128 Å². The van der Waals surface area contributed by atoms with Gasteiger partial charge in [-0.1, -0.05) is 52.0 Å². The molecule has 2 aromatic carbocycles. The van der Waals surface area contributed by atoms with Gasteiger partial charge >= 0.3 is 22.5 Å². The number of fused-ring (bicyclic) bond motifs is 6. The molecule has 6 aromatic rings. The summed E-state index contributed by atoms with van der Waals surface area (Å²) in [4.78, 5) is 34.0. The molecule has 0 bridgehead atoms. The molecule has 262 valence electrons. The van der Waals surface area contributed by atoms with Crippen LogP contribution in [0.25, 0.3) is 43.6 Å². The first kappa shape index (κ1) is 38.2. The number of pyridine rings is 4. The van der Waals surface area contributed by atoms with E-state index in [2.05, 4.69) is 75.6 Å². The Hall–Kier alpha value is -4.61. The third kappa shape index (κ3) is 9.76. The van der Waals surface area contributed by atoms with E-state index in [1.165, 1.54) is 0 Å². The third-order valence-electron chi connectivity index (χ3n) is 8.41. The number of hydrogen-bond acceptors (Lipinski definition) is 11. The first-order valence-electron chi connectivity index (χ1n) is 16.8. The van der Waals surface area contributed by atoms with Gasteiger partial charge in [-0.25, -0.2) is 4.98 Å². The van der Waals surface area contributed by atoms with E-state index < -0.39 is 14.8 Å². The molecule has 4 heterocycles. The monoisotopic (exact) mass is 744 g/mol. The standard InChI is InChI=1S/C19H21N3O2.C19H23N3O.O2Se/c1-3-22(4-2)10-11-24-17-12-15(13-23)21-19-16(17)8-7-14-6-5-9-20-18(14)19;1-4-22(5-2)11-12-23-17-13-14(3)21-19-16(17)9-8-15-7-6-10-20-18(15)19;1-3-2/h5-9,12-13H,3-4,10-11H2,1-2H3;6-10,13H,4-5,11-12H2,1-3H3;. The number of aryl methyl sites for hydroxylation is 1. The zero-order valence-electron chi connectivity index (χ0n) is 29.3. The van der Waals surface area contributed by atoms with Gasteiger partial charge in [-0.2, -0.15) is 0 Å². The SMILES string of the molecule is CCN(CC)CCOc1cc(C)nc2c1ccc1cccnc12.CCN(CC)CCOc1cc(C=O)nc2c1ccc1cccnc12.O=[Se]=O. The number of nitrogens with zero attached hydrogens (tertiary/aromatic N) is 6. The molecular weight excluding hydrogens is 699 g/mol. The van der Waals surface area contributed by atoms with Gasteiger partial charge in [-0.05, 0) is 57.4 Å². The van der Waals surface area contributed by atoms with Gasteiger partial charge in [-0.3, -0.25) is 19.7 Å². The summed E-state index contributed by atoms with van der Waals surface area (Å²) in [7, 11) is 0. The van der Waals surface area contributed by atoms with Crippen molar-refractivity contribution >= 4 is 64.7 Å². The van der Waals surface area contributed by atoms with Crippen LogP contribution in [0.4, 0.5) is 0 Å². The molecule has 4 aromatic heterocycles. The normalized spacial score (nSPS) is 10.9. The summed E-state index contributed by atoms with van der Waals surface area (Å²) in [6.45, 7) is 17.7. The van der Waals surface area contributed by atoms with Gasteiger partial charge in [0.05, 0.1) is 11.0 Å². The molecule has 11 nitrogen and oxygen atoms in total. The van der Waals surface area contributed by atoms with Crippen LogP contribution in [0.3, 0.4) is 0 Å². The molecule has 6 rings (SSSR count). The fourth-order valence-electron chi connectivity index (χ4n) is 5.68. The van der Waals surface area contributed by atoms with E-state index in [1.54, 1.807) is 12.3 Å². The fourth-order valence-corrected chi connectivity index (χ4v) is 5.68. The Morgan fingerprint density at radius 3 is 1.58 bits per heavy atom. The number of rotatable bonds is 13. The van der Waals surface area contributed by atoms with Gasteiger partial charge in [-0.15, -0.1) is 0 Å². The van der Waals surface area contributed by atoms with E-state index in [0.717, 1.165) is 95.1 Å². The van der Waals surface area contributed by atoms with Crippen LogP contribution in [0.2, 0.25) is 0 Å². The van der Waals surface area contributed by atoms with Crippen molar-refractivity contribution in [2.24, 2.45) is 0 Å². The second-order valence-corrected chi connectivity index (χ2v) is 11.6. The Labute approximate surface area is 298 Å². The van der Waals surface area contributed by atoms with Crippen molar-refractivity contribution in [3.8, 4) is 11.5 Å². The molecule has 0 fully saturated rings. The number of carbonyl (C=O) groups excluding carboxylic acids is 1. The molecule has 0 saturated carbocycles. The molecule has 50 heavy (non-hydrogen) atoms. The molecule has 0 saturated heterocycles. The van der Waals surface area contributed by atoms with Gasteiger partial charge < -0.3 is 19.3 Å². The van der Waals surface area contributed by atoms with Gasteiger partial charge in [0.25, 0.3) is 0 Å². The maximum absolute atomic E-state index is 11.3. The van der Waals surface area contributed by atoms with Crippen molar-refractivity contribution in [3.05, 3.63) is 84.4 Å². The number of likely N-dealkylation sites (N-methyl/N-ethyl adjacent to an activating group) is 2. The molecule has 0 amide bonds. The van der Waals surface area contributed by atoms with Crippen LogP contribution >= 0.6 is 0 Å². The predicted octanol–water partition coefficient (Wildman–Crippen LogP) is 6.51. The number of carbonyl (C=O) groups is 1. The number of aromatic nitrogens is 4. The van der Waals surface area contributed by atoms with Crippen LogP contribution in [-0.4, -0.2) is 103 Å². The first-order valence-corrected chi connectivity index (χ1v) is 18.2. The Morgan fingerprint density at radius 2 is 1.12 bits per heavy atom. The number of aldehydes is 1. The van der Waals surface area contributed by atoms with E-state index in [-0.39, 0.29) is 0 Å². The molecule has 0 aliphatic heterocycles. The van der Waals surface area contributed by atoms with Gasteiger partial charge in [0, 0.05) is 64.9 Å². The van der Waals surface area contributed by atoms with Crippen LogP contribution < -0.4 is 9.47 Å². The van der Waals surface area contributed by atoms with Crippen molar-refractivity contribution in [1.29, 1.82) is 0 Å².